The van der Waals surface area contributed by atoms with E-state index in [1.54, 1.807) is 41.9 Å². The van der Waals surface area contributed by atoms with Gasteiger partial charge in [0.05, 0.1) is 12.0 Å². The van der Waals surface area contributed by atoms with Crippen LogP contribution < -0.4 is 4.74 Å². The third-order valence-electron chi connectivity index (χ3n) is 4.25. The predicted octanol–water partition coefficient (Wildman–Crippen LogP) is 2.06. The molecule has 124 valence electrons. The lowest BCUT2D eigenvalue weighted by Gasteiger charge is -2.31. The molecule has 1 aromatic heterocycles. The molecule has 1 saturated heterocycles. The number of methoxy groups -OCH3 is 1. The summed E-state index contributed by atoms with van der Waals surface area (Å²) in [7, 11) is -1.88. The Morgan fingerprint density at radius 3 is 2.74 bits per heavy atom. The van der Waals surface area contributed by atoms with E-state index >= 15 is 0 Å². The molecule has 0 spiro atoms. The normalized spacial score (nSPS) is 19.6. The highest BCUT2D eigenvalue weighted by molar-refractivity contribution is 7.89. The van der Waals surface area contributed by atoms with Gasteiger partial charge in [-0.05, 0) is 55.5 Å². The van der Waals surface area contributed by atoms with Crippen LogP contribution in [0, 0.1) is 5.92 Å². The van der Waals surface area contributed by atoms with E-state index in [1.807, 2.05) is 6.07 Å². The Bertz CT molecular complexity index is 726. The van der Waals surface area contributed by atoms with Gasteiger partial charge in [-0.2, -0.15) is 9.40 Å². The van der Waals surface area contributed by atoms with Crippen LogP contribution in [-0.2, 0) is 16.4 Å². The van der Waals surface area contributed by atoms with E-state index in [2.05, 4.69) is 10.2 Å². The largest absolute Gasteiger partial charge is 0.497 e. The summed E-state index contributed by atoms with van der Waals surface area (Å²) in [6.45, 7) is 1.13. The zero-order chi connectivity index (χ0) is 16.3. The van der Waals surface area contributed by atoms with Gasteiger partial charge in [-0.25, -0.2) is 8.42 Å². The number of ether oxygens (including phenoxy) is 1. The molecular weight excluding hydrogens is 314 g/mol. The van der Waals surface area contributed by atoms with E-state index in [4.69, 9.17) is 4.74 Å². The zero-order valence-corrected chi connectivity index (χ0v) is 13.9. The van der Waals surface area contributed by atoms with Crippen LogP contribution in [0.5, 0.6) is 5.75 Å². The summed E-state index contributed by atoms with van der Waals surface area (Å²) in [5, 5.41) is 6.90. The summed E-state index contributed by atoms with van der Waals surface area (Å²) in [4.78, 5) is 0.320. The Morgan fingerprint density at radius 2 is 2.09 bits per heavy atom. The highest BCUT2D eigenvalue weighted by Crippen LogP contribution is 2.26. The second kappa shape index (κ2) is 6.72. The molecule has 2 heterocycles. The number of rotatable bonds is 5. The summed E-state index contributed by atoms with van der Waals surface area (Å²) in [6, 6.07) is 8.51. The Balaban J connectivity index is 1.73. The van der Waals surface area contributed by atoms with E-state index in [0.717, 1.165) is 25.0 Å². The average molecular weight is 335 g/mol. The van der Waals surface area contributed by atoms with Crippen molar-refractivity contribution in [1.29, 1.82) is 0 Å². The van der Waals surface area contributed by atoms with Crippen LogP contribution in [0.1, 0.15) is 18.5 Å². The minimum Gasteiger partial charge on any atom is -0.497 e. The van der Waals surface area contributed by atoms with E-state index < -0.39 is 10.0 Å². The highest BCUT2D eigenvalue weighted by Gasteiger charge is 2.30. The molecule has 0 saturated carbocycles. The molecule has 23 heavy (non-hydrogen) atoms. The lowest BCUT2D eigenvalue weighted by molar-refractivity contribution is 0.264. The molecule has 0 radical (unpaired) electrons. The maximum atomic E-state index is 12.8. The Morgan fingerprint density at radius 1 is 1.30 bits per heavy atom. The SMILES string of the molecule is COc1ccc(S(=O)(=O)N2CCC[C@H](Cc3ccn[nH]3)C2)cc1. The fourth-order valence-corrected chi connectivity index (χ4v) is 4.57. The summed E-state index contributed by atoms with van der Waals surface area (Å²) < 4.78 is 32.3. The first-order valence-electron chi connectivity index (χ1n) is 7.72. The molecule has 6 nitrogen and oxygen atoms in total. The van der Waals surface area contributed by atoms with Crippen molar-refractivity contribution in [2.75, 3.05) is 20.2 Å². The molecule has 7 heteroatoms. The minimum atomic E-state index is -3.45. The number of hydrogen-bond donors (Lipinski definition) is 1. The topological polar surface area (TPSA) is 75.3 Å². The lowest BCUT2D eigenvalue weighted by atomic mass is 9.95. The third-order valence-corrected chi connectivity index (χ3v) is 6.13. The summed E-state index contributed by atoms with van der Waals surface area (Å²) >= 11 is 0. The number of benzene rings is 1. The predicted molar refractivity (Wildman–Crippen MR) is 86.8 cm³/mol. The minimum absolute atomic E-state index is 0.317. The monoisotopic (exact) mass is 335 g/mol. The van der Waals surface area contributed by atoms with Gasteiger partial charge in [-0.1, -0.05) is 0 Å². The number of aromatic nitrogens is 2. The smallest absolute Gasteiger partial charge is 0.243 e. The van der Waals surface area contributed by atoms with Gasteiger partial charge >= 0.3 is 0 Å². The molecule has 3 rings (SSSR count). The fourth-order valence-electron chi connectivity index (χ4n) is 3.02. The van der Waals surface area contributed by atoms with E-state index in [9.17, 15) is 8.42 Å². The van der Waals surface area contributed by atoms with Crippen molar-refractivity contribution >= 4 is 10.0 Å². The van der Waals surface area contributed by atoms with Gasteiger partial charge in [0.25, 0.3) is 0 Å². The lowest BCUT2D eigenvalue weighted by Crippen LogP contribution is -2.40. The van der Waals surface area contributed by atoms with Crippen LogP contribution in [0.4, 0.5) is 0 Å². The van der Waals surface area contributed by atoms with E-state index in [-0.39, 0.29) is 0 Å². The van der Waals surface area contributed by atoms with Gasteiger partial charge in [-0.15, -0.1) is 0 Å². The molecule has 1 aliphatic rings. The maximum Gasteiger partial charge on any atom is 0.243 e. The van der Waals surface area contributed by atoms with Gasteiger partial charge in [0, 0.05) is 25.0 Å². The number of sulfonamides is 1. The van der Waals surface area contributed by atoms with E-state index in [0.29, 0.717) is 29.7 Å². The maximum absolute atomic E-state index is 12.8. The van der Waals surface area contributed by atoms with Crippen molar-refractivity contribution in [3.05, 3.63) is 42.2 Å². The number of aromatic amines is 1. The van der Waals surface area contributed by atoms with Gasteiger partial charge in [0.1, 0.15) is 5.75 Å². The molecule has 0 unspecified atom stereocenters. The van der Waals surface area contributed by atoms with Crippen LogP contribution >= 0.6 is 0 Å². The first kappa shape index (κ1) is 16.0. The number of hydrogen-bond acceptors (Lipinski definition) is 4. The van der Waals surface area contributed by atoms with Crippen LogP contribution in [-0.4, -0.2) is 43.1 Å². The fraction of sp³-hybridized carbons (Fsp3) is 0.438. The van der Waals surface area contributed by atoms with E-state index in [1.165, 1.54) is 0 Å². The van der Waals surface area contributed by atoms with Crippen molar-refractivity contribution in [2.45, 2.75) is 24.2 Å². The first-order chi connectivity index (χ1) is 11.1. The molecule has 1 fully saturated rings. The zero-order valence-electron chi connectivity index (χ0n) is 13.1. The molecular formula is C16H21N3O3S. The summed E-state index contributed by atoms with van der Waals surface area (Å²) in [5.41, 5.74) is 1.05. The molecule has 0 bridgehead atoms. The van der Waals surface area contributed by atoms with Crippen LogP contribution in [0.25, 0.3) is 0 Å². The van der Waals surface area contributed by atoms with Gasteiger partial charge in [-0.3, -0.25) is 5.10 Å². The first-order valence-corrected chi connectivity index (χ1v) is 9.16. The van der Waals surface area contributed by atoms with Gasteiger partial charge in [0.15, 0.2) is 0 Å². The van der Waals surface area contributed by atoms with Gasteiger partial charge < -0.3 is 4.74 Å². The van der Waals surface area contributed by atoms with Crippen LogP contribution in [0.2, 0.25) is 0 Å². The molecule has 0 aliphatic carbocycles. The highest BCUT2D eigenvalue weighted by atomic mass is 32.2. The molecule has 1 atom stereocenters. The Labute approximate surface area is 136 Å². The van der Waals surface area contributed by atoms with Crippen molar-refractivity contribution in [3.8, 4) is 5.75 Å². The molecule has 0 amide bonds. The molecule has 2 aromatic rings. The van der Waals surface area contributed by atoms with Crippen LogP contribution in [0.3, 0.4) is 0 Å². The third kappa shape index (κ3) is 3.56. The number of H-pyrrole nitrogens is 1. The Kier molecular flexibility index (Phi) is 4.68. The number of piperidine rings is 1. The van der Waals surface area contributed by atoms with Crippen molar-refractivity contribution in [1.82, 2.24) is 14.5 Å². The quantitative estimate of drug-likeness (QED) is 0.907. The molecule has 1 aliphatic heterocycles. The second-order valence-corrected chi connectivity index (χ2v) is 7.77. The summed E-state index contributed by atoms with van der Waals surface area (Å²) in [5.74, 6) is 0.969. The van der Waals surface area contributed by atoms with Crippen LogP contribution in [0.15, 0.2) is 41.4 Å². The average Bonchev–Trinajstić information content (AvgIpc) is 3.08. The second-order valence-electron chi connectivity index (χ2n) is 5.83. The standard InChI is InChI=1S/C16H21N3O3S/c1-22-15-4-6-16(7-5-15)23(20,21)19-10-2-3-13(12-19)11-14-8-9-17-18-14/h4-9,13H,2-3,10-12H2,1H3,(H,17,18)/t13-/m1/s1. The van der Waals surface area contributed by atoms with Crippen molar-refractivity contribution < 1.29 is 13.2 Å². The van der Waals surface area contributed by atoms with Crippen molar-refractivity contribution in [2.24, 2.45) is 5.92 Å². The Hall–Kier alpha value is -1.86. The molecule has 1 aromatic carbocycles. The molecule has 1 N–H and O–H groups in total. The number of nitrogens with one attached hydrogen (secondary N) is 1. The van der Waals surface area contributed by atoms with Crippen molar-refractivity contribution in [3.63, 3.8) is 0 Å². The van der Waals surface area contributed by atoms with Gasteiger partial charge in [0.2, 0.25) is 10.0 Å². The number of nitrogens with zero attached hydrogens (tertiary/aromatic N) is 2. The summed E-state index contributed by atoms with van der Waals surface area (Å²) in [6.07, 6.45) is 4.47.